The normalized spacial score (nSPS) is 16.3. The Hall–Kier alpha value is 0.423. The topological polar surface area (TPSA) is 0 Å². The van der Waals surface area contributed by atoms with Crippen LogP contribution in [0.25, 0.3) is 0 Å². The average Bonchev–Trinajstić information content (AvgIpc) is 2.85. The van der Waals surface area contributed by atoms with Crippen molar-refractivity contribution in [1.82, 2.24) is 0 Å². The first-order valence-electron chi connectivity index (χ1n) is 7.60. The molecule has 0 amide bonds. The van der Waals surface area contributed by atoms with Crippen LogP contribution >= 0.6 is 0 Å². The number of hydrogen-bond acceptors (Lipinski definition) is 0. The zero-order valence-electron chi connectivity index (χ0n) is 15.8. The van der Waals surface area contributed by atoms with E-state index in [-0.39, 0.29) is 61.8 Å². The summed E-state index contributed by atoms with van der Waals surface area (Å²) in [6.07, 6.45) is 13.2. The van der Waals surface area contributed by atoms with Gasteiger partial charge in [0.05, 0.1) is 0 Å². The second-order valence-corrected chi connectivity index (χ2v) is 7.79. The monoisotopic (exact) mass is 430 g/mol. The molecule has 2 aliphatic rings. The molecule has 2 rings (SSSR count). The van der Waals surface area contributed by atoms with E-state index in [1.54, 1.807) is 0 Å². The maximum absolute atomic E-state index is 3.37. The van der Waals surface area contributed by atoms with Crippen molar-refractivity contribution in [3.63, 3.8) is 0 Å². The third-order valence-corrected chi connectivity index (χ3v) is 3.66. The molecule has 130 valence electrons. The number of rotatable bonds is 0. The van der Waals surface area contributed by atoms with E-state index in [2.05, 4.69) is 79.7 Å². The van der Waals surface area contributed by atoms with Gasteiger partial charge in [0, 0.05) is 0 Å². The van der Waals surface area contributed by atoms with Crippen molar-refractivity contribution < 1.29 is 51.0 Å². The molecule has 0 unspecified atom stereocenters. The van der Waals surface area contributed by atoms with Crippen LogP contribution < -0.4 is 24.8 Å². The van der Waals surface area contributed by atoms with Gasteiger partial charge in [-0.1, -0.05) is 41.5 Å². The zero-order valence-corrected chi connectivity index (χ0v) is 19.8. The van der Waals surface area contributed by atoms with Crippen LogP contribution in [-0.4, -0.2) is 0 Å². The van der Waals surface area contributed by atoms with Crippen LogP contribution in [0.5, 0.6) is 0 Å². The summed E-state index contributed by atoms with van der Waals surface area (Å²) in [7, 11) is 0. The summed E-state index contributed by atoms with van der Waals surface area (Å²) >= 11 is 0. The molecule has 23 heavy (non-hydrogen) atoms. The predicted molar refractivity (Wildman–Crippen MR) is 89.2 cm³/mol. The van der Waals surface area contributed by atoms with E-state index in [1.807, 2.05) is 0 Å². The van der Waals surface area contributed by atoms with E-state index in [0.29, 0.717) is 0 Å². The molecule has 0 nitrogen and oxygen atoms in total. The van der Waals surface area contributed by atoms with Gasteiger partial charge in [0.2, 0.25) is 0 Å². The quantitative estimate of drug-likeness (QED) is 0.481. The van der Waals surface area contributed by atoms with Crippen molar-refractivity contribution in [1.29, 1.82) is 0 Å². The average molecular weight is 433 g/mol. The zero-order chi connectivity index (χ0) is 15.6. The molecule has 0 radical (unpaired) electrons. The van der Waals surface area contributed by atoms with Crippen LogP contribution in [0.15, 0.2) is 34.4 Å². The Labute approximate surface area is 175 Å². The van der Waals surface area contributed by atoms with Crippen LogP contribution in [-0.2, 0) is 26.2 Å². The largest absolute Gasteiger partial charge is 2.00 e. The summed E-state index contributed by atoms with van der Waals surface area (Å²) in [6.45, 7) is 17.7. The van der Waals surface area contributed by atoms with Gasteiger partial charge in [-0.2, -0.15) is 12.2 Å². The van der Waals surface area contributed by atoms with Gasteiger partial charge in [-0.25, -0.2) is 22.3 Å². The molecule has 0 aromatic rings. The first-order valence-corrected chi connectivity index (χ1v) is 7.60. The van der Waals surface area contributed by atoms with Crippen molar-refractivity contribution in [2.45, 2.75) is 68.2 Å². The first kappa shape index (κ1) is 28.2. The molecule has 0 saturated heterocycles. The van der Waals surface area contributed by atoms with Crippen molar-refractivity contribution in [3.8, 4) is 0 Å². The van der Waals surface area contributed by atoms with E-state index in [0.717, 1.165) is 12.8 Å². The SMILES string of the molecule is CC1=CC[C-]=C1C(C)(C)C.CC1=CC[C-]=C1C(C)(C)C.[Cl-].[Cl-].[Zr+2]. The summed E-state index contributed by atoms with van der Waals surface area (Å²) in [5.74, 6) is 0. The van der Waals surface area contributed by atoms with Crippen LogP contribution in [0, 0.1) is 23.0 Å². The molecule has 0 aromatic heterocycles. The molecule has 0 aromatic carbocycles. The van der Waals surface area contributed by atoms with Gasteiger partial charge >= 0.3 is 26.2 Å². The molecule has 0 saturated carbocycles. The minimum absolute atomic E-state index is 0. The molecule has 0 bridgehead atoms. The van der Waals surface area contributed by atoms with Crippen LogP contribution in [0.1, 0.15) is 68.2 Å². The molecular weight excluding hydrogens is 402 g/mol. The molecular formula is C20H30Cl2Zr-2. The Morgan fingerprint density at radius 2 is 0.957 bits per heavy atom. The van der Waals surface area contributed by atoms with Gasteiger partial charge in [-0.3, -0.25) is 12.2 Å². The summed E-state index contributed by atoms with van der Waals surface area (Å²) in [4.78, 5) is 0. The van der Waals surface area contributed by atoms with E-state index < -0.39 is 0 Å². The van der Waals surface area contributed by atoms with E-state index in [1.165, 1.54) is 22.3 Å². The van der Waals surface area contributed by atoms with Crippen LogP contribution in [0.3, 0.4) is 0 Å². The Balaban J connectivity index is -0.000000308. The second kappa shape index (κ2) is 11.1. The van der Waals surface area contributed by atoms with Gasteiger partial charge in [0.15, 0.2) is 0 Å². The molecule has 0 heterocycles. The molecule has 3 heteroatoms. The fourth-order valence-electron chi connectivity index (χ4n) is 2.81. The Morgan fingerprint density at radius 1 is 0.696 bits per heavy atom. The smallest absolute Gasteiger partial charge is 1.00 e. The van der Waals surface area contributed by atoms with E-state index >= 15 is 0 Å². The van der Waals surface area contributed by atoms with Gasteiger partial charge in [0.1, 0.15) is 0 Å². The van der Waals surface area contributed by atoms with Gasteiger partial charge in [-0.05, 0) is 10.8 Å². The summed E-state index contributed by atoms with van der Waals surface area (Å²) in [6, 6.07) is 0. The van der Waals surface area contributed by atoms with Gasteiger partial charge < -0.3 is 24.8 Å². The first-order chi connectivity index (χ1) is 9.03. The van der Waals surface area contributed by atoms with Crippen LogP contribution in [0.2, 0.25) is 0 Å². The van der Waals surface area contributed by atoms with Crippen molar-refractivity contribution in [2.75, 3.05) is 0 Å². The maximum Gasteiger partial charge on any atom is 2.00 e. The third-order valence-electron chi connectivity index (χ3n) is 3.66. The Morgan fingerprint density at radius 3 is 1.04 bits per heavy atom. The minimum atomic E-state index is 0. The van der Waals surface area contributed by atoms with Crippen LogP contribution in [0.4, 0.5) is 0 Å². The number of hydrogen-bond donors (Lipinski definition) is 0. The third kappa shape index (κ3) is 8.90. The van der Waals surface area contributed by atoms with Gasteiger partial charge in [-0.15, -0.1) is 26.7 Å². The Kier molecular flexibility index (Phi) is 13.6. The summed E-state index contributed by atoms with van der Waals surface area (Å²) in [5, 5.41) is 0. The molecule has 0 N–H and O–H groups in total. The molecule has 0 fully saturated rings. The standard InChI is InChI=1S/2C10H15.2ClH.Zr/c2*1-8-6-5-7-9(8)10(2,3)4;;;/h2*6H,5H2,1-4H3;2*1H;/q2*-1;;;+2/p-2. The molecule has 0 spiro atoms. The van der Waals surface area contributed by atoms with E-state index in [9.17, 15) is 0 Å². The minimum Gasteiger partial charge on any atom is -1.00 e. The van der Waals surface area contributed by atoms with E-state index in [4.69, 9.17) is 0 Å². The summed E-state index contributed by atoms with van der Waals surface area (Å²) in [5.41, 5.74) is 6.19. The fourth-order valence-corrected chi connectivity index (χ4v) is 2.81. The molecule has 2 aliphatic carbocycles. The second-order valence-electron chi connectivity index (χ2n) is 7.79. The summed E-state index contributed by atoms with van der Waals surface area (Å²) < 4.78 is 0. The number of allylic oxidation sites excluding steroid dienone is 8. The number of halogens is 2. The molecule has 0 aliphatic heterocycles. The Bertz CT molecular complexity index is 435. The van der Waals surface area contributed by atoms with Gasteiger partial charge in [0.25, 0.3) is 0 Å². The maximum atomic E-state index is 3.37. The van der Waals surface area contributed by atoms with Crippen molar-refractivity contribution >= 4 is 0 Å². The van der Waals surface area contributed by atoms with Crippen molar-refractivity contribution in [3.05, 3.63) is 46.6 Å². The molecule has 0 atom stereocenters. The fraction of sp³-hybridized carbons (Fsp3) is 0.600. The predicted octanol–water partition coefficient (Wildman–Crippen LogP) is 0.230. The van der Waals surface area contributed by atoms with Crippen molar-refractivity contribution in [2.24, 2.45) is 10.8 Å².